The van der Waals surface area contributed by atoms with Gasteiger partial charge in [-0.15, -0.1) is 0 Å². The summed E-state index contributed by atoms with van der Waals surface area (Å²) < 4.78 is 1.13. The van der Waals surface area contributed by atoms with Gasteiger partial charge < -0.3 is 0 Å². The molecule has 0 aliphatic rings. The molecule has 0 aliphatic carbocycles. The minimum Gasteiger partial charge on any atom is -0.152 e. The first-order chi connectivity index (χ1) is 8.24. The van der Waals surface area contributed by atoms with Crippen molar-refractivity contribution in [3.8, 4) is 0 Å². The Morgan fingerprint density at radius 2 is 1.29 bits per heavy atom. The van der Waals surface area contributed by atoms with Crippen LogP contribution in [-0.2, 0) is 11.5 Å². The van der Waals surface area contributed by atoms with Crippen LogP contribution in [0.2, 0.25) is 0 Å². The largest absolute Gasteiger partial charge is 0.152 e. The molecule has 0 aliphatic heterocycles. The first-order valence-electron chi connectivity index (χ1n) is 5.40. The maximum Gasteiger partial charge on any atom is 0.113 e. The fraction of sp³-hybridized carbons (Fsp3) is 0.143. The molecule has 0 spiro atoms. The molecular formula is C14H12BBrS. The van der Waals surface area contributed by atoms with E-state index in [2.05, 4.69) is 52.3 Å². The van der Waals surface area contributed by atoms with Gasteiger partial charge >= 0.3 is 0 Å². The van der Waals surface area contributed by atoms with Crippen molar-refractivity contribution in [3.05, 3.63) is 64.1 Å². The van der Waals surface area contributed by atoms with E-state index in [-0.39, 0.29) is 0 Å². The molecule has 0 N–H and O–H groups in total. The van der Waals surface area contributed by atoms with E-state index < -0.39 is 0 Å². The number of halogens is 1. The summed E-state index contributed by atoms with van der Waals surface area (Å²) in [7, 11) is 5.65. The van der Waals surface area contributed by atoms with E-state index in [1.54, 1.807) is 0 Å². The highest BCUT2D eigenvalue weighted by molar-refractivity contribution is 9.10. The lowest BCUT2D eigenvalue weighted by molar-refractivity contribution is 1.36. The van der Waals surface area contributed by atoms with Gasteiger partial charge in [0.2, 0.25) is 0 Å². The Hall–Kier alpha value is -0.665. The van der Waals surface area contributed by atoms with E-state index in [0.29, 0.717) is 0 Å². The summed E-state index contributed by atoms with van der Waals surface area (Å²) in [6.07, 6.45) is 0. The van der Waals surface area contributed by atoms with Gasteiger partial charge in [0.05, 0.1) is 0 Å². The lowest BCUT2D eigenvalue weighted by Gasteiger charge is -2.03. The summed E-state index contributed by atoms with van der Waals surface area (Å²) in [5.74, 6) is 2.06. The van der Waals surface area contributed by atoms with Crippen LogP contribution in [0.1, 0.15) is 11.1 Å². The average Bonchev–Trinajstić information content (AvgIpc) is 2.34. The molecule has 0 heterocycles. The Labute approximate surface area is 116 Å². The van der Waals surface area contributed by atoms with Crippen LogP contribution < -0.4 is 5.46 Å². The Bertz CT molecular complexity index is 419. The Morgan fingerprint density at radius 3 is 1.82 bits per heavy atom. The molecule has 2 aromatic carbocycles. The molecule has 0 nitrogen and oxygen atoms in total. The molecule has 2 radical (unpaired) electrons. The van der Waals surface area contributed by atoms with Gasteiger partial charge in [-0.2, -0.15) is 11.8 Å². The second kappa shape index (κ2) is 6.32. The highest BCUT2D eigenvalue weighted by atomic mass is 79.9. The lowest BCUT2D eigenvalue weighted by atomic mass is 9.96. The third-order valence-electron chi connectivity index (χ3n) is 2.43. The first kappa shape index (κ1) is 12.8. The van der Waals surface area contributed by atoms with Crippen molar-refractivity contribution in [2.24, 2.45) is 0 Å². The minimum absolute atomic E-state index is 0.826. The van der Waals surface area contributed by atoms with Gasteiger partial charge in [0.15, 0.2) is 0 Å². The molecule has 0 bridgehead atoms. The van der Waals surface area contributed by atoms with Crippen molar-refractivity contribution in [1.29, 1.82) is 0 Å². The van der Waals surface area contributed by atoms with Crippen molar-refractivity contribution < 1.29 is 0 Å². The second-order valence-corrected chi connectivity index (χ2v) is 5.76. The molecular weight excluding hydrogens is 291 g/mol. The maximum absolute atomic E-state index is 5.65. The number of benzene rings is 2. The van der Waals surface area contributed by atoms with E-state index in [1.807, 2.05) is 23.9 Å². The van der Waals surface area contributed by atoms with Gasteiger partial charge in [-0.1, -0.05) is 57.8 Å². The van der Waals surface area contributed by atoms with Crippen LogP contribution in [0, 0.1) is 0 Å². The van der Waals surface area contributed by atoms with Crippen molar-refractivity contribution >= 4 is 41.0 Å². The monoisotopic (exact) mass is 302 g/mol. The molecule has 0 saturated heterocycles. The molecule has 0 fully saturated rings. The van der Waals surface area contributed by atoms with Crippen LogP contribution in [0.4, 0.5) is 0 Å². The smallest absolute Gasteiger partial charge is 0.113 e. The molecule has 0 unspecified atom stereocenters. The number of rotatable bonds is 4. The molecule has 2 aromatic rings. The Balaban J connectivity index is 1.83. The predicted octanol–water partition coefficient (Wildman–Crippen LogP) is 3.68. The quantitative estimate of drug-likeness (QED) is 0.777. The fourth-order valence-corrected chi connectivity index (χ4v) is 2.70. The Kier molecular flexibility index (Phi) is 4.75. The molecule has 17 heavy (non-hydrogen) atoms. The van der Waals surface area contributed by atoms with Crippen LogP contribution in [0.3, 0.4) is 0 Å². The zero-order valence-electron chi connectivity index (χ0n) is 9.40. The van der Waals surface area contributed by atoms with Crippen LogP contribution in [0.15, 0.2) is 53.0 Å². The molecule has 0 aromatic heterocycles. The normalized spacial score (nSPS) is 10.4. The maximum atomic E-state index is 5.65. The van der Waals surface area contributed by atoms with Crippen LogP contribution in [-0.4, -0.2) is 7.85 Å². The van der Waals surface area contributed by atoms with Crippen molar-refractivity contribution in [2.75, 3.05) is 0 Å². The highest BCUT2D eigenvalue weighted by Crippen LogP contribution is 2.19. The summed E-state index contributed by atoms with van der Waals surface area (Å²) in [6, 6.07) is 16.6. The summed E-state index contributed by atoms with van der Waals surface area (Å²) in [5.41, 5.74) is 3.50. The van der Waals surface area contributed by atoms with E-state index in [0.717, 1.165) is 21.4 Å². The van der Waals surface area contributed by atoms with Crippen LogP contribution >= 0.6 is 27.7 Å². The van der Waals surface area contributed by atoms with E-state index in [1.165, 1.54) is 11.1 Å². The summed E-state index contributed by atoms with van der Waals surface area (Å²) in [6.45, 7) is 0. The summed E-state index contributed by atoms with van der Waals surface area (Å²) >= 11 is 5.35. The number of hydrogen-bond donors (Lipinski definition) is 0. The predicted molar refractivity (Wildman–Crippen MR) is 81.0 cm³/mol. The number of hydrogen-bond acceptors (Lipinski definition) is 1. The van der Waals surface area contributed by atoms with Crippen LogP contribution in [0.5, 0.6) is 0 Å². The average molecular weight is 303 g/mol. The second-order valence-electron chi connectivity index (χ2n) is 3.86. The third kappa shape index (κ3) is 4.25. The fourth-order valence-electron chi connectivity index (χ4n) is 1.48. The van der Waals surface area contributed by atoms with Crippen LogP contribution in [0.25, 0.3) is 0 Å². The van der Waals surface area contributed by atoms with Gasteiger partial charge in [-0.05, 0) is 23.3 Å². The van der Waals surface area contributed by atoms with Gasteiger partial charge in [0.25, 0.3) is 0 Å². The molecule has 0 atom stereocenters. The van der Waals surface area contributed by atoms with E-state index in [4.69, 9.17) is 7.85 Å². The van der Waals surface area contributed by atoms with Gasteiger partial charge in [-0.3, -0.25) is 0 Å². The zero-order chi connectivity index (χ0) is 12.1. The van der Waals surface area contributed by atoms with Crippen molar-refractivity contribution in [3.63, 3.8) is 0 Å². The van der Waals surface area contributed by atoms with Gasteiger partial charge in [0.1, 0.15) is 7.85 Å². The topological polar surface area (TPSA) is 0 Å². The highest BCUT2D eigenvalue weighted by Gasteiger charge is 1.96. The van der Waals surface area contributed by atoms with Gasteiger partial charge in [0, 0.05) is 16.0 Å². The van der Waals surface area contributed by atoms with E-state index in [9.17, 15) is 0 Å². The SMILES string of the molecule is [B]c1ccc(CSCc2ccc(Br)cc2)cc1. The zero-order valence-corrected chi connectivity index (χ0v) is 11.8. The minimum atomic E-state index is 0.826. The molecule has 84 valence electrons. The molecule has 3 heteroatoms. The van der Waals surface area contributed by atoms with Crippen molar-refractivity contribution in [2.45, 2.75) is 11.5 Å². The Morgan fingerprint density at radius 1 is 0.824 bits per heavy atom. The standard InChI is InChI=1S/C14H12BBrS/c15-13-5-1-11(2-6-13)9-17-10-12-3-7-14(16)8-4-12/h1-8H,9-10H2. The third-order valence-corrected chi connectivity index (χ3v) is 4.03. The number of thioether (sulfide) groups is 1. The molecule has 2 rings (SSSR count). The first-order valence-corrected chi connectivity index (χ1v) is 7.35. The molecule has 0 saturated carbocycles. The van der Waals surface area contributed by atoms with Crippen molar-refractivity contribution in [1.82, 2.24) is 0 Å². The van der Waals surface area contributed by atoms with Gasteiger partial charge in [-0.25, -0.2) is 0 Å². The van der Waals surface area contributed by atoms with E-state index >= 15 is 0 Å². The summed E-state index contributed by atoms with van der Waals surface area (Å²) in [4.78, 5) is 0. The lowest BCUT2D eigenvalue weighted by Crippen LogP contribution is -1.99. The molecule has 0 amide bonds. The summed E-state index contributed by atoms with van der Waals surface area (Å²) in [5, 5.41) is 0.